The first-order valence-electron chi connectivity index (χ1n) is 6.34. The largest absolute Gasteiger partial charge is 0.326 e. The maximum atomic E-state index is 12.2. The van der Waals surface area contributed by atoms with Crippen LogP contribution < -0.4 is 10.2 Å². The van der Waals surface area contributed by atoms with Crippen LogP contribution in [0, 0.1) is 0 Å². The van der Waals surface area contributed by atoms with Crippen molar-refractivity contribution in [3.63, 3.8) is 0 Å². The van der Waals surface area contributed by atoms with E-state index < -0.39 is 0 Å². The second-order valence-electron chi connectivity index (χ2n) is 4.48. The Hall–Kier alpha value is -2.26. The lowest BCUT2D eigenvalue weighted by Gasteiger charge is -2.28. The molecule has 20 heavy (non-hydrogen) atoms. The molecule has 0 atom stereocenters. The number of anilines is 1. The fourth-order valence-corrected chi connectivity index (χ4v) is 2.42. The number of nitrogens with zero attached hydrogens (tertiary/aromatic N) is 1. The van der Waals surface area contributed by atoms with Crippen molar-refractivity contribution in [1.29, 1.82) is 0 Å². The van der Waals surface area contributed by atoms with E-state index in [0.717, 1.165) is 16.9 Å². The average Bonchev–Trinajstić information content (AvgIpc) is 2.49. The second-order valence-corrected chi connectivity index (χ2v) is 4.88. The number of para-hydroxylation sites is 1. The molecule has 0 aliphatic carbocycles. The predicted molar refractivity (Wildman–Crippen MR) is 81.7 cm³/mol. The Labute approximate surface area is 122 Å². The van der Waals surface area contributed by atoms with E-state index in [-0.39, 0.29) is 6.03 Å². The molecule has 1 heterocycles. The monoisotopic (exact) mass is 284 g/mol. The lowest BCUT2D eigenvalue weighted by molar-refractivity contribution is 0.250. The van der Waals surface area contributed by atoms with Gasteiger partial charge in [0.25, 0.3) is 0 Å². The highest BCUT2D eigenvalue weighted by Crippen LogP contribution is 2.27. The molecule has 1 aliphatic rings. The van der Waals surface area contributed by atoms with Crippen molar-refractivity contribution in [3.8, 4) is 0 Å². The summed E-state index contributed by atoms with van der Waals surface area (Å²) in [5.41, 5.74) is 2.55. The van der Waals surface area contributed by atoms with Gasteiger partial charge in [-0.2, -0.15) is 0 Å². The third-order valence-corrected chi connectivity index (χ3v) is 3.51. The van der Waals surface area contributed by atoms with Crippen molar-refractivity contribution in [2.75, 3.05) is 11.4 Å². The number of benzene rings is 2. The number of carbonyl (C=O) groups is 1. The summed E-state index contributed by atoms with van der Waals surface area (Å²) in [5.74, 6) is 0. The maximum absolute atomic E-state index is 12.2. The van der Waals surface area contributed by atoms with Gasteiger partial charge in [0.1, 0.15) is 0 Å². The van der Waals surface area contributed by atoms with E-state index in [1.807, 2.05) is 54.6 Å². The molecule has 2 aromatic carbocycles. The van der Waals surface area contributed by atoms with Crippen LogP contribution in [0.1, 0.15) is 5.56 Å². The van der Waals surface area contributed by atoms with E-state index in [4.69, 9.17) is 11.6 Å². The van der Waals surface area contributed by atoms with Crippen LogP contribution in [0.25, 0.3) is 5.70 Å². The fourth-order valence-electron chi connectivity index (χ4n) is 2.19. The van der Waals surface area contributed by atoms with Gasteiger partial charge in [0, 0.05) is 12.2 Å². The molecule has 0 fully saturated rings. The Morgan fingerprint density at radius 2 is 1.70 bits per heavy atom. The molecule has 0 saturated carbocycles. The van der Waals surface area contributed by atoms with Gasteiger partial charge in [-0.05, 0) is 23.8 Å². The van der Waals surface area contributed by atoms with E-state index >= 15 is 0 Å². The minimum Gasteiger partial charge on any atom is -0.307 e. The van der Waals surface area contributed by atoms with E-state index in [0.29, 0.717) is 11.6 Å². The number of urea groups is 1. The molecule has 0 spiro atoms. The smallest absolute Gasteiger partial charge is 0.307 e. The number of halogens is 1. The van der Waals surface area contributed by atoms with Crippen LogP contribution in [0.5, 0.6) is 0 Å². The summed E-state index contributed by atoms with van der Waals surface area (Å²) in [4.78, 5) is 13.9. The molecule has 1 N–H and O–H groups in total. The lowest BCUT2D eigenvalue weighted by atomic mass is 10.1. The number of hydrogen-bond acceptors (Lipinski definition) is 1. The van der Waals surface area contributed by atoms with Gasteiger partial charge in [-0.25, -0.2) is 4.79 Å². The van der Waals surface area contributed by atoms with Crippen molar-refractivity contribution in [2.24, 2.45) is 0 Å². The van der Waals surface area contributed by atoms with E-state index in [9.17, 15) is 4.79 Å². The van der Waals surface area contributed by atoms with Crippen LogP contribution >= 0.6 is 11.6 Å². The van der Waals surface area contributed by atoms with Crippen LogP contribution in [-0.2, 0) is 0 Å². The molecule has 1 aliphatic heterocycles. The fraction of sp³-hybridized carbons (Fsp3) is 0.0625. The van der Waals surface area contributed by atoms with Gasteiger partial charge in [0.15, 0.2) is 0 Å². The van der Waals surface area contributed by atoms with Crippen molar-refractivity contribution in [3.05, 3.63) is 71.3 Å². The van der Waals surface area contributed by atoms with Crippen LogP contribution in [0.2, 0.25) is 5.02 Å². The first-order valence-corrected chi connectivity index (χ1v) is 6.72. The number of nitrogens with one attached hydrogen (secondary N) is 1. The minimum absolute atomic E-state index is 0.167. The number of hydrogen-bond donors (Lipinski definition) is 1. The Morgan fingerprint density at radius 3 is 2.40 bits per heavy atom. The summed E-state index contributed by atoms with van der Waals surface area (Å²) in [6.45, 7) is 0.500. The standard InChI is InChI=1S/C16H13ClN2O/c17-13-8-4-5-9-15(13)19-11-10-14(18-16(19)20)12-6-2-1-3-7-12/h1-10H,11H2,(H,18,20). The third kappa shape index (κ3) is 2.40. The Kier molecular flexibility index (Phi) is 3.44. The van der Waals surface area contributed by atoms with E-state index in [2.05, 4.69) is 5.32 Å². The second kappa shape index (κ2) is 5.39. The molecule has 0 radical (unpaired) electrons. The number of carbonyl (C=O) groups excluding carboxylic acids is 1. The molecular weight excluding hydrogens is 272 g/mol. The molecule has 100 valence electrons. The van der Waals surface area contributed by atoms with Crippen molar-refractivity contribution >= 4 is 29.0 Å². The molecule has 3 nitrogen and oxygen atoms in total. The molecule has 0 unspecified atom stereocenters. The summed E-state index contributed by atoms with van der Waals surface area (Å²) in [6.07, 6.45) is 1.99. The average molecular weight is 285 g/mol. The molecule has 0 bridgehead atoms. The number of amides is 2. The Balaban J connectivity index is 1.88. The highest BCUT2D eigenvalue weighted by Gasteiger charge is 2.22. The van der Waals surface area contributed by atoms with E-state index in [1.165, 1.54) is 0 Å². The first-order chi connectivity index (χ1) is 9.75. The molecule has 2 aromatic rings. The minimum atomic E-state index is -0.167. The maximum Gasteiger partial charge on any atom is 0.326 e. The van der Waals surface area contributed by atoms with Crippen LogP contribution in [0.15, 0.2) is 60.7 Å². The van der Waals surface area contributed by atoms with Crippen molar-refractivity contribution in [1.82, 2.24) is 5.32 Å². The summed E-state index contributed by atoms with van der Waals surface area (Å²) >= 11 is 6.13. The van der Waals surface area contributed by atoms with E-state index in [1.54, 1.807) is 11.0 Å². The van der Waals surface area contributed by atoms with Gasteiger partial charge in [-0.15, -0.1) is 0 Å². The van der Waals surface area contributed by atoms with Crippen LogP contribution in [0.3, 0.4) is 0 Å². The molecule has 3 rings (SSSR count). The molecule has 4 heteroatoms. The van der Waals surface area contributed by atoms with Gasteiger partial charge in [-0.1, -0.05) is 54.1 Å². The molecular formula is C16H13ClN2O. The quantitative estimate of drug-likeness (QED) is 0.891. The molecule has 0 saturated heterocycles. The summed E-state index contributed by atoms with van der Waals surface area (Å²) in [6, 6.07) is 16.9. The zero-order chi connectivity index (χ0) is 13.9. The Morgan fingerprint density at radius 1 is 1.00 bits per heavy atom. The van der Waals surface area contributed by atoms with Crippen LogP contribution in [-0.4, -0.2) is 12.6 Å². The third-order valence-electron chi connectivity index (χ3n) is 3.19. The van der Waals surface area contributed by atoms with Gasteiger partial charge in [0.2, 0.25) is 0 Å². The van der Waals surface area contributed by atoms with Crippen LogP contribution in [0.4, 0.5) is 10.5 Å². The first kappa shape index (κ1) is 12.8. The highest BCUT2D eigenvalue weighted by molar-refractivity contribution is 6.33. The summed E-state index contributed by atoms with van der Waals surface area (Å²) < 4.78 is 0. The number of rotatable bonds is 2. The lowest BCUT2D eigenvalue weighted by Crippen LogP contribution is -2.43. The topological polar surface area (TPSA) is 32.3 Å². The highest BCUT2D eigenvalue weighted by atomic mass is 35.5. The van der Waals surface area contributed by atoms with Gasteiger partial charge in [0.05, 0.1) is 10.7 Å². The zero-order valence-corrected chi connectivity index (χ0v) is 11.5. The summed E-state index contributed by atoms with van der Waals surface area (Å²) in [7, 11) is 0. The molecule has 0 aromatic heterocycles. The van der Waals surface area contributed by atoms with Crippen molar-refractivity contribution in [2.45, 2.75) is 0 Å². The molecule has 2 amide bonds. The van der Waals surface area contributed by atoms with Gasteiger partial charge < -0.3 is 5.32 Å². The van der Waals surface area contributed by atoms with Gasteiger partial charge >= 0.3 is 6.03 Å². The van der Waals surface area contributed by atoms with Gasteiger partial charge in [-0.3, -0.25) is 4.90 Å². The predicted octanol–water partition coefficient (Wildman–Crippen LogP) is 3.91. The normalized spacial score (nSPS) is 14.8. The summed E-state index contributed by atoms with van der Waals surface area (Å²) in [5, 5.41) is 3.47. The zero-order valence-electron chi connectivity index (χ0n) is 10.7. The SMILES string of the molecule is O=C1NC(c2ccccc2)=CCN1c1ccccc1Cl. The van der Waals surface area contributed by atoms with Crippen molar-refractivity contribution < 1.29 is 4.79 Å². The Bertz CT molecular complexity index is 667.